The van der Waals surface area contributed by atoms with Crippen LogP contribution in [0.2, 0.25) is 0 Å². The quantitative estimate of drug-likeness (QED) is 0.410. The number of carboxylic acids is 1. The molecule has 1 amide bonds. The van der Waals surface area contributed by atoms with E-state index in [1.807, 2.05) is 5.38 Å². The molecule has 2 aliphatic rings. The van der Waals surface area contributed by atoms with Crippen LogP contribution in [-0.2, 0) is 9.59 Å². The van der Waals surface area contributed by atoms with E-state index in [2.05, 4.69) is 15.0 Å². The van der Waals surface area contributed by atoms with Crippen LogP contribution in [-0.4, -0.2) is 42.2 Å². The second-order valence-corrected chi connectivity index (χ2v) is 6.44. The largest absolute Gasteiger partial charge is 1.00 e. The maximum absolute atomic E-state index is 12.1. The van der Waals surface area contributed by atoms with Gasteiger partial charge in [-0.1, -0.05) is 0 Å². The van der Waals surface area contributed by atoms with Gasteiger partial charge in [-0.2, -0.15) is 0 Å². The average molecular weight is 356 g/mol. The molecule has 2 aromatic heterocycles. The molecule has 0 aromatic carbocycles. The molecule has 0 aliphatic carbocycles. The Kier molecular flexibility index (Phi) is 4.47. The number of amides is 1. The number of carbonyl (C=O) groups is 2. The first-order chi connectivity index (χ1) is 10.6. The maximum atomic E-state index is 12.1. The van der Waals surface area contributed by atoms with Gasteiger partial charge in [0, 0.05) is 17.0 Å². The fourth-order valence-electron chi connectivity index (χ4n) is 2.29. The number of aromatic nitrogens is 3. The molecule has 4 rings (SSSR count). The Balaban J connectivity index is 0.00000104. The minimum Gasteiger partial charge on any atom is -1.00 e. The second-order valence-electron chi connectivity index (χ2n) is 4.60. The van der Waals surface area contributed by atoms with Crippen molar-refractivity contribution in [3.8, 4) is 10.8 Å². The van der Waals surface area contributed by atoms with Crippen LogP contribution in [0, 0.1) is 0 Å². The van der Waals surface area contributed by atoms with Crippen LogP contribution in [0.4, 0.5) is 0 Å². The first kappa shape index (κ1) is 16.5. The number of imidazole rings is 1. The molecule has 2 aliphatic heterocycles. The van der Waals surface area contributed by atoms with E-state index in [4.69, 9.17) is 5.11 Å². The number of hydrogen-bond donors (Lipinski definition) is 2. The molecule has 112 valence electrons. The van der Waals surface area contributed by atoms with E-state index in [0.29, 0.717) is 17.1 Å². The van der Waals surface area contributed by atoms with Gasteiger partial charge in [-0.3, -0.25) is 9.69 Å². The molecule has 1 saturated heterocycles. The summed E-state index contributed by atoms with van der Waals surface area (Å²) < 4.78 is 0. The van der Waals surface area contributed by atoms with Crippen molar-refractivity contribution in [2.75, 3.05) is 0 Å². The monoisotopic (exact) mass is 356 g/mol. The van der Waals surface area contributed by atoms with E-state index < -0.39 is 5.97 Å². The number of nitrogens with zero attached hydrogens (tertiary/aromatic N) is 3. The minimum absolute atomic E-state index is 0. The topological polar surface area (TPSA) is 99.2 Å². The zero-order chi connectivity index (χ0) is 15.3. The molecule has 4 heterocycles. The predicted molar refractivity (Wildman–Crippen MR) is 82.7 cm³/mol. The molecule has 2 N–H and O–H groups in total. The van der Waals surface area contributed by atoms with Gasteiger partial charge >= 0.3 is 35.5 Å². The molecule has 0 spiro atoms. The summed E-state index contributed by atoms with van der Waals surface area (Å²) in [5.41, 5.74) is 1.29. The molecule has 2 aromatic rings. The van der Waals surface area contributed by atoms with Crippen molar-refractivity contribution in [2.45, 2.75) is 5.37 Å². The van der Waals surface area contributed by atoms with Gasteiger partial charge in [0.2, 0.25) is 0 Å². The van der Waals surface area contributed by atoms with Crippen molar-refractivity contribution >= 4 is 41.1 Å². The fraction of sp³-hybridized carbons (Fsp3) is 0.0769. The van der Waals surface area contributed by atoms with Crippen LogP contribution >= 0.6 is 23.1 Å². The first-order valence-corrected chi connectivity index (χ1v) is 8.06. The van der Waals surface area contributed by atoms with Crippen molar-refractivity contribution in [1.29, 1.82) is 0 Å². The Labute approximate surface area is 162 Å². The number of carboxylic acid groups (broad SMARTS) is 1. The van der Waals surface area contributed by atoms with Gasteiger partial charge in [-0.25, -0.2) is 14.8 Å². The van der Waals surface area contributed by atoms with Crippen LogP contribution in [0.1, 0.15) is 7.12 Å². The van der Waals surface area contributed by atoms with Gasteiger partial charge in [0.1, 0.15) is 11.1 Å². The zero-order valence-corrected chi connectivity index (χ0v) is 15.5. The van der Waals surface area contributed by atoms with Crippen molar-refractivity contribution in [2.24, 2.45) is 0 Å². The standard InChI is InChI=1S/C13H8N4O3S2.Na.H/c18-11-7(12-17(11)8(5-22-12)13(19)20)3-6-4-15-9(16-6)10-14-1-2-21-10;;/h1-5,12H,(H,15,16)(H,19,20);;/q;+1;-1. The van der Waals surface area contributed by atoms with Crippen LogP contribution in [0.25, 0.3) is 16.9 Å². The Morgan fingerprint density at radius 3 is 3.00 bits per heavy atom. The van der Waals surface area contributed by atoms with Gasteiger partial charge in [0.25, 0.3) is 5.91 Å². The minimum atomic E-state index is -1.09. The number of fused-ring (bicyclic) bond motifs is 1. The predicted octanol–water partition coefficient (Wildman–Crippen LogP) is -1.13. The van der Waals surface area contributed by atoms with E-state index >= 15 is 0 Å². The van der Waals surface area contributed by atoms with E-state index in [-0.39, 0.29) is 48.0 Å². The molecule has 1 fully saturated rings. The number of thiazole rings is 1. The molecule has 10 heteroatoms. The summed E-state index contributed by atoms with van der Waals surface area (Å²) in [5, 5.41) is 12.9. The average Bonchev–Trinajstić information content (AvgIpc) is 3.22. The van der Waals surface area contributed by atoms with Crippen LogP contribution in [0.3, 0.4) is 0 Å². The van der Waals surface area contributed by atoms with Crippen LogP contribution < -0.4 is 29.6 Å². The summed E-state index contributed by atoms with van der Waals surface area (Å²) in [4.78, 5) is 35.9. The van der Waals surface area contributed by atoms with Gasteiger partial charge in [-0.15, -0.1) is 23.1 Å². The van der Waals surface area contributed by atoms with Crippen molar-refractivity contribution < 1.29 is 45.7 Å². The van der Waals surface area contributed by atoms with Gasteiger partial charge in [0.05, 0.1) is 17.5 Å². The molecular weight excluding hydrogens is 347 g/mol. The Bertz CT molecular complexity index is 849. The third-order valence-electron chi connectivity index (χ3n) is 3.29. The number of nitrogens with one attached hydrogen (secondary N) is 1. The molecule has 0 radical (unpaired) electrons. The molecule has 0 saturated carbocycles. The number of carbonyl (C=O) groups excluding carboxylic acids is 1. The Hall–Kier alpha value is -1.39. The normalized spacial score (nSPS) is 20.8. The van der Waals surface area contributed by atoms with Gasteiger partial charge in [0.15, 0.2) is 10.8 Å². The Morgan fingerprint density at radius 2 is 2.30 bits per heavy atom. The zero-order valence-electron chi connectivity index (χ0n) is 12.9. The number of β-lactam (4-membered cyclic amide) rings is 1. The SMILES string of the molecule is O=C(O)C1=CSC2C(=Cc3cnc(-c4nccs4)[nH]3)C(=O)N12.[H-].[Na+]. The first-order valence-electron chi connectivity index (χ1n) is 6.24. The molecule has 23 heavy (non-hydrogen) atoms. The fourth-order valence-corrected chi connectivity index (χ4v) is 4.00. The Morgan fingerprint density at radius 1 is 1.48 bits per heavy atom. The van der Waals surface area contributed by atoms with Gasteiger partial charge < -0.3 is 11.5 Å². The van der Waals surface area contributed by atoms with E-state index in [1.54, 1.807) is 18.5 Å². The summed E-state index contributed by atoms with van der Waals surface area (Å²) >= 11 is 2.78. The summed E-state index contributed by atoms with van der Waals surface area (Å²) in [6, 6.07) is 0. The molecule has 0 bridgehead atoms. The molecular formula is C13H9N4NaO3S2. The second kappa shape index (κ2) is 6.25. The number of aromatic amines is 1. The number of H-pyrrole nitrogens is 1. The third-order valence-corrected chi connectivity index (χ3v) is 5.16. The third kappa shape index (κ3) is 2.68. The number of hydrogen-bond acceptors (Lipinski definition) is 6. The summed E-state index contributed by atoms with van der Waals surface area (Å²) in [7, 11) is 0. The molecule has 1 atom stereocenters. The number of rotatable bonds is 3. The summed E-state index contributed by atoms with van der Waals surface area (Å²) in [5.74, 6) is -0.724. The van der Waals surface area contributed by atoms with E-state index in [0.717, 1.165) is 5.01 Å². The van der Waals surface area contributed by atoms with Crippen molar-refractivity contribution in [1.82, 2.24) is 19.9 Å². The van der Waals surface area contributed by atoms with Gasteiger partial charge in [-0.05, 0) is 6.08 Å². The van der Waals surface area contributed by atoms with Crippen LogP contribution in [0.5, 0.6) is 0 Å². The molecule has 7 nitrogen and oxygen atoms in total. The van der Waals surface area contributed by atoms with Crippen LogP contribution in [0.15, 0.2) is 34.5 Å². The van der Waals surface area contributed by atoms with E-state index in [1.165, 1.54) is 33.4 Å². The maximum Gasteiger partial charge on any atom is 1.00 e. The summed E-state index contributed by atoms with van der Waals surface area (Å²) in [6.45, 7) is 0. The van der Waals surface area contributed by atoms with Crippen molar-refractivity contribution in [3.05, 3.63) is 40.1 Å². The number of thioether (sulfide) groups is 1. The molecule has 1 unspecified atom stereocenters. The van der Waals surface area contributed by atoms with Crippen molar-refractivity contribution in [3.63, 3.8) is 0 Å². The summed E-state index contributed by atoms with van der Waals surface area (Å²) in [6.07, 6.45) is 5.03. The number of aliphatic carboxylic acids is 1. The van der Waals surface area contributed by atoms with E-state index in [9.17, 15) is 9.59 Å². The smallest absolute Gasteiger partial charge is 1.00 e.